The van der Waals surface area contributed by atoms with Crippen LogP contribution in [0.15, 0.2) is 28.7 Å². The largest absolute Gasteiger partial charge is 0.444 e. The van der Waals surface area contributed by atoms with Crippen molar-refractivity contribution in [3.8, 4) is 0 Å². The van der Waals surface area contributed by atoms with E-state index in [0.717, 1.165) is 81.2 Å². The Kier molecular flexibility index (Phi) is 5.98. The van der Waals surface area contributed by atoms with Crippen LogP contribution >= 0.6 is 11.6 Å². The highest BCUT2D eigenvalue weighted by atomic mass is 35.5. The highest BCUT2D eigenvalue weighted by Crippen LogP contribution is 2.44. The Morgan fingerprint density at radius 3 is 2.66 bits per heavy atom. The lowest BCUT2D eigenvalue weighted by atomic mass is 9.63. The Labute approximate surface area is 177 Å². The summed E-state index contributed by atoms with van der Waals surface area (Å²) >= 11 is 6.17. The maximum absolute atomic E-state index is 13.1. The molecule has 1 amide bonds. The van der Waals surface area contributed by atoms with Gasteiger partial charge in [-0.1, -0.05) is 30.2 Å². The van der Waals surface area contributed by atoms with Crippen molar-refractivity contribution in [1.82, 2.24) is 15.2 Å². The van der Waals surface area contributed by atoms with Gasteiger partial charge in [-0.25, -0.2) is 4.98 Å². The fourth-order valence-electron chi connectivity index (χ4n) is 4.52. The lowest BCUT2D eigenvalue weighted by molar-refractivity contribution is -0.130. The van der Waals surface area contributed by atoms with Gasteiger partial charge < -0.3 is 9.73 Å². The number of hydrogen-bond donors (Lipinski definition) is 1. The Morgan fingerprint density at radius 1 is 1.31 bits per heavy atom. The maximum atomic E-state index is 13.1. The van der Waals surface area contributed by atoms with Gasteiger partial charge in [0.25, 0.3) is 0 Å². The van der Waals surface area contributed by atoms with Crippen molar-refractivity contribution in [2.24, 2.45) is 5.92 Å². The molecule has 4 rings (SSSR count). The number of nitrogens with one attached hydrogen (secondary N) is 1. The monoisotopic (exact) mass is 415 g/mol. The smallest absolute Gasteiger partial charge is 0.230 e. The first kappa shape index (κ1) is 20.4. The molecule has 156 valence electrons. The fourth-order valence-corrected chi connectivity index (χ4v) is 4.71. The summed E-state index contributed by atoms with van der Waals surface area (Å²) in [7, 11) is 0. The molecule has 0 spiro atoms. The molecule has 0 radical (unpaired) electrons. The maximum Gasteiger partial charge on any atom is 0.230 e. The van der Waals surface area contributed by atoms with Gasteiger partial charge in [0.05, 0.1) is 17.7 Å². The Bertz CT molecular complexity index is 847. The number of amides is 1. The SMILES string of the molecule is Cc1nc(CN2CCC(CNC(=O)C3(c4cccc(Cl)c4)CCC3)CC2)oc1C. The molecule has 1 saturated heterocycles. The van der Waals surface area contributed by atoms with E-state index in [1.807, 2.05) is 38.1 Å². The lowest BCUT2D eigenvalue weighted by Crippen LogP contribution is -2.50. The van der Waals surface area contributed by atoms with E-state index >= 15 is 0 Å². The molecule has 1 saturated carbocycles. The third-order valence-electron chi connectivity index (χ3n) is 6.71. The van der Waals surface area contributed by atoms with Crippen LogP contribution in [0.4, 0.5) is 0 Å². The predicted octanol–water partition coefficient (Wildman–Crippen LogP) is 4.39. The van der Waals surface area contributed by atoms with Crippen molar-refractivity contribution >= 4 is 17.5 Å². The number of rotatable bonds is 6. The Hall–Kier alpha value is -1.85. The summed E-state index contributed by atoms with van der Waals surface area (Å²) in [4.78, 5) is 19.9. The molecule has 1 aliphatic heterocycles. The van der Waals surface area contributed by atoms with E-state index in [2.05, 4.69) is 15.2 Å². The summed E-state index contributed by atoms with van der Waals surface area (Å²) in [5, 5.41) is 3.96. The molecule has 1 aromatic heterocycles. The molecule has 6 heteroatoms. The van der Waals surface area contributed by atoms with Gasteiger partial charge in [-0.05, 0) is 76.2 Å². The molecule has 0 bridgehead atoms. The van der Waals surface area contributed by atoms with Gasteiger partial charge in [0, 0.05) is 11.6 Å². The molecule has 1 aliphatic carbocycles. The van der Waals surface area contributed by atoms with Gasteiger partial charge >= 0.3 is 0 Å². The van der Waals surface area contributed by atoms with Crippen molar-refractivity contribution in [2.75, 3.05) is 19.6 Å². The van der Waals surface area contributed by atoms with Crippen molar-refractivity contribution in [3.63, 3.8) is 0 Å². The number of likely N-dealkylation sites (tertiary alicyclic amines) is 1. The number of piperidine rings is 1. The minimum absolute atomic E-state index is 0.166. The third-order valence-corrected chi connectivity index (χ3v) is 6.94. The van der Waals surface area contributed by atoms with Gasteiger partial charge in [-0.3, -0.25) is 9.69 Å². The average molecular weight is 416 g/mol. The second kappa shape index (κ2) is 8.49. The minimum Gasteiger partial charge on any atom is -0.444 e. The summed E-state index contributed by atoms with van der Waals surface area (Å²) in [6.45, 7) is 7.49. The van der Waals surface area contributed by atoms with Gasteiger partial charge in [0.1, 0.15) is 5.76 Å². The van der Waals surface area contributed by atoms with Gasteiger partial charge in [0.2, 0.25) is 11.8 Å². The van der Waals surface area contributed by atoms with Gasteiger partial charge in [-0.2, -0.15) is 0 Å². The highest BCUT2D eigenvalue weighted by Gasteiger charge is 2.45. The fraction of sp³-hybridized carbons (Fsp3) is 0.565. The molecule has 29 heavy (non-hydrogen) atoms. The number of benzene rings is 1. The lowest BCUT2D eigenvalue weighted by Gasteiger charge is -2.41. The standard InChI is InChI=1S/C23H30ClN3O2/c1-16-17(2)29-21(26-16)15-27-11-7-18(8-12-27)14-25-22(28)23(9-4-10-23)19-5-3-6-20(24)13-19/h3,5-6,13,18H,4,7-12,14-15H2,1-2H3,(H,25,28). The number of nitrogens with zero attached hydrogens (tertiary/aromatic N) is 2. The number of aryl methyl sites for hydroxylation is 2. The Morgan fingerprint density at radius 2 is 2.07 bits per heavy atom. The molecule has 5 nitrogen and oxygen atoms in total. The molecule has 1 aromatic carbocycles. The second-order valence-corrected chi connectivity index (χ2v) is 9.06. The van der Waals surface area contributed by atoms with E-state index in [0.29, 0.717) is 10.9 Å². The van der Waals surface area contributed by atoms with Gasteiger partial charge in [0.15, 0.2) is 0 Å². The van der Waals surface area contributed by atoms with Crippen molar-refractivity contribution in [2.45, 2.75) is 57.9 Å². The normalized spacial score (nSPS) is 19.7. The summed E-state index contributed by atoms with van der Waals surface area (Å²) in [5.41, 5.74) is 1.65. The summed E-state index contributed by atoms with van der Waals surface area (Å²) < 4.78 is 5.71. The van der Waals surface area contributed by atoms with Crippen LogP contribution in [0, 0.1) is 19.8 Å². The third kappa shape index (κ3) is 4.36. The molecule has 1 N–H and O–H groups in total. The molecule has 2 aliphatic rings. The number of carbonyl (C=O) groups excluding carboxylic acids is 1. The first-order valence-electron chi connectivity index (χ1n) is 10.7. The Balaban J connectivity index is 1.27. The average Bonchev–Trinajstić information content (AvgIpc) is 2.97. The van der Waals surface area contributed by atoms with E-state index in [4.69, 9.17) is 16.0 Å². The molecule has 2 heterocycles. The molecule has 0 unspecified atom stereocenters. The molecular formula is C23H30ClN3O2. The zero-order chi connectivity index (χ0) is 20.4. The van der Waals surface area contributed by atoms with E-state index in [9.17, 15) is 4.79 Å². The van der Waals surface area contributed by atoms with E-state index in [1.54, 1.807) is 0 Å². The minimum atomic E-state index is -0.383. The first-order valence-corrected chi connectivity index (χ1v) is 11.0. The van der Waals surface area contributed by atoms with Crippen molar-refractivity contribution < 1.29 is 9.21 Å². The first-order chi connectivity index (χ1) is 14.0. The summed E-state index contributed by atoms with van der Waals surface area (Å²) in [6.07, 6.45) is 5.09. The molecule has 2 fully saturated rings. The quantitative estimate of drug-likeness (QED) is 0.759. The summed E-state index contributed by atoms with van der Waals surface area (Å²) in [5.74, 6) is 2.40. The number of aromatic nitrogens is 1. The van der Waals surface area contributed by atoms with Gasteiger partial charge in [-0.15, -0.1) is 0 Å². The number of halogens is 1. The van der Waals surface area contributed by atoms with Crippen LogP contribution in [0.1, 0.15) is 55.0 Å². The molecular weight excluding hydrogens is 386 g/mol. The topological polar surface area (TPSA) is 58.4 Å². The predicted molar refractivity (Wildman–Crippen MR) is 114 cm³/mol. The zero-order valence-corrected chi connectivity index (χ0v) is 18.1. The van der Waals surface area contributed by atoms with Crippen LogP contribution in [0.25, 0.3) is 0 Å². The van der Waals surface area contributed by atoms with Crippen LogP contribution in [0.3, 0.4) is 0 Å². The number of carbonyl (C=O) groups is 1. The van der Waals surface area contributed by atoms with E-state index in [-0.39, 0.29) is 11.3 Å². The molecule has 2 aromatic rings. The van der Waals surface area contributed by atoms with Crippen LogP contribution < -0.4 is 5.32 Å². The zero-order valence-electron chi connectivity index (χ0n) is 17.3. The van der Waals surface area contributed by atoms with Crippen LogP contribution in [-0.2, 0) is 16.8 Å². The van der Waals surface area contributed by atoms with Crippen LogP contribution in [0.5, 0.6) is 0 Å². The molecule has 0 atom stereocenters. The summed E-state index contributed by atoms with van der Waals surface area (Å²) in [6, 6.07) is 7.79. The van der Waals surface area contributed by atoms with Crippen molar-refractivity contribution in [3.05, 3.63) is 52.2 Å². The number of hydrogen-bond acceptors (Lipinski definition) is 4. The van der Waals surface area contributed by atoms with Crippen LogP contribution in [-0.4, -0.2) is 35.4 Å². The second-order valence-electron chi connectivity index (χ2n) is 8.62. The van der Waals surface area contributed by atoms with E-state index < -0.39 is 0 Å². The number of oxazole rings is 1. The van der Waals surface area contributed by atoms with Crippen molar-refractivity contribution in [1.29, 1.82) is 0 Å². The van der Waals surface area contributed by atoms with Crippen LogP contribution in [0.2, 0.25) is 5.02 Å². The highest BCUT2D eigenvalue weighted by molar-refractivity contribution is 6.30. The van der Waals surface area contributed by atoms with E-state index in [1.165, 1.54) is 0 Å².